The van der Waals surface area contributed by atoms with Gasteiger partial charge in [-0.25, -0.2) is 9.97 Å². The smallest absolute Gasteiger partial charge is 0.369 e. The highest BCUT2D eigenvalue weighted by Gasteiger charge is 2.43. The number of piperidine rings is 1. The minimum absolute atomic E-state index is 0.133. The maximum atomic E-state index is 12.5. The summed E-state index contributed by atoms with van der Waals surface area (Å²) >= 11 is 0. The number of rotatable bonds is 3. The van der Waals surface area contributed by atoms with Crippen molar-refractivity contribution in [3.63, 3.8) is 0 Å². The maximum absolute atomic E-state index is 12.5. The highest BCUT2D eigenvalue weighted by Crippen LogP contribution is 2.25. The number of aromatic nitrogens is 2. The van der Waals surface area contributed by atoms with Crippen LogP contribution in [0.25, 0.3) is 10.9 Å². The molecular formula is C17H19F3N4O. The van der Waals surface area contributed by atoms with Gasteiger partial charge in [-0.05, 0) is 37.8 Å². The summed E-state index contributed by atoms with van der Waals surface area (Å²) in [6.45, 7) is 2.86. The van der Waals surface area contributed by atoms with E-state index >= 15 is 0 Å². The predicted octanol–water partition coefficient (Wildman–Crippen LogP) is 3.15. The molecule has 8 heteroatoms. The van der Waals surface area contributed by atoms with Crippen molar-refractivity contribution in [1.29, 1.82) is 0 Å². The Morgan fingerprint density at radius 2 is 2.00 bits per heavy atom. The average molecular weight is 352 g/mol. The number of halogens is 3. The number of hydrogen-bond acceptors (Lipinski definition) is 4. The van der Waals surface area contributed by atoms with Gasteiger partial charge in [0.25, 0.3) is 0 Å². The summed E-state index contributed by atoms with van der Waals surface area (Å²) in [6.07, 6.45) is -2.22. The molecule has 2 aromatic rings. The first-order valence-electron chi connectivity index (χ1n) is 8.16. The number of amides is 1. The summed E-state index contributed by atoms with van der Waals surface area (Å²) in [5, 5.41) is 4.21. The van der Waals surface area contributed by atoms with Gasteiger partial charge in [0.2, 0.25) is 0 Å². The van der Waals surface area contributed by atoms with Gasteiger partial charge in [0, 0.05) is 25.0 Å². The third-order valence-corrected chi connectivity index (χ3v) is 4.49. The number of benzene rings is 1. The first-order valence-corrected chi connectivity index (χ1v) is 8.16. The summed E-state index contributed by atoms with van der Waals surface area (Å²) in [5.41, 5.74) is 1.94. The molecule has 5 nitrogen and oxygen atoms in total. The summed E-state index contributed by atoms with van der Waals surface area (Å²) in [4.78, 5) is 20.6. The molecule has 0 saturated carbocycles. The number of nitrogens with zero attached hydrogens (tertiary/aromatic N) is 3. The number of hydrogen-bond donors (Lipinski definition) is 1. The van der Waals surface area contributed by atoms with Crippen LogP contribution in [-0.2, 0) is 4.79 Å². The van der Waals surface area contributed by atoms with Crippen LogP contribution in [0.1, 0.15) is 18.4 Å². The van der Waals surface area contributed by atoms with E-state index in [1.165, 1.54) is 6.33 Å². The van der Waals surface area contributed by atoms with E-state index in [1.54, 1.807) is 0 Å². The molecule has 0 aliphatic carbocycles. The highest BCUT2D eigenvalue weighted by atomic mass is 19.4. The zero-order valence-electron chi connectivity index (χ0n) is 13.8. The van der Waals surface area contributed by atoms with Gasteiger partial charge in [0.05, 0.1) is 5.52 Å². The lowest BCUT2D eigenvalue weighted by Crippen LogP contribution is -2.46. The minimum atomic E-state index is -4.79. The Morgan fingerprint density at radius 3 is 2.68 bits per heavy atom. The Morgan fingerprint density at radius 1 is 1.28 bits per heavy atom. The van der Waals surface area contributed by atoms with Crippen LogP contribution in [0.3, 0.4) is 0 Å². The van der Waals surface area contributed by atoms with Gasteiger partial charge in [-0.15, -0.1) is 0 Å². The lowest BCUT2D eigenvalue weighted by Gasteiger charge is -2.32. The number of likely N-dealkylation sites (tertiary alicyclic amines) is 1. The molecule has 0 radical (unpaired) electrons. The third-order valence-electron chi connectivity index (χ3n) is 4.49. The van der Waals surface area contributed by atoms with E-state index in [2.05, 4.69) is 15.3 Å². The van der Waals surface area contributed by atoms with Crippen LogP contribution in [0, 0.1) is 12.8 Å². The van der Waals surface area contributed by atoms with E-state index in [0.717, 1.165) is 27.2 Å². The molecule has 2 heterocycles. The van der Waals surface area contributed by atoms with Crippen LogP contribution in [-0.4, -0.2) is 46.6 Å². The lowest BCUT2D eigenvalue weighted by molar-refractivity contribution is -0.186. The molecule has 1 fully saturated rings. The van der Waals surface area contributed by atoms with Crippen molar-refractivity contribution in [3.8, 4) is 0 Å². The summed E-state index contributed by atoms with van der Waals surface area (Å²) in [7, 11) is 0. The molecule has 0 spiro atoms. The Hall–Kier alpha value is -2.38. The number of aryl methyl sites for hydroxylation is 1. The van der Waals surface area contributed by atoms with Crippen LogP contribution >= 0.6 is 0 Å². The molecule has 1 aliphatic rings. The normalized spacial score (nSPS) is 16.2. The topological polar surface area (TPSA) is 58.1 Å². The van der Waals surface area contributed by atoms with Crippen molar-refractivity contribution in [2.45, 2.75) is 25.9 Å². The molecule has 134 valence electrons. The number of nitrogens with one attached hydrogen (secondary N) is 1. The van der Waals surface area contributed by atoms with Crippen molar-refractivity contribution in [3.05, 3.63) is 30.1 Å². The van der Waals surface area contributed by atoms with E-state index in [4.69, 9.17) is 0 Å². The zero-order valence-corrected chi connectivity index (χ0v) is 13.8. The van der Waals surface area contributed by atoms with Gasteiger partial charge < -0.3 is 10.2 Å². The van der Waals surface area contributed by atoms with Gasteiger partial charge in [0.1, 0.15) is 12.1 Å². The number of anilines is 1. The fourth-order valence-corrected chi connectivity index (χ4v) is 3.07. The Bertz CT molecular complexity index is 770. The van der Waals surface area contributed by atoms with Crippen LogP contribution < -0.4 is 5.32 Å². The molecule has 3 rings (SSSR count). The van der Waals surface area contributed by atoms with Crippen LogP contribution in [0.15, 0.2) is 24.5 Å². The van der Waals surface area contributed by atoms with Crippen LogP contribution in [0.5, 0.6) is 0 Å². The minimum Gasteiger partial charge on any atom is -0.369 e. The van der Waals surface area contributed by atoms with Crippen molar-refractivity contribution >= 4 is 22.6 Å². The Kier molecular flexibility index (Phi) is 4.78. The Balaban J connectivity index is 1.59. The molecule has 0 atom stereocenters. The lowest BCUT2D eigenvalue weighted by atomic mass is 9.96. The van der Waals surface area contributed by atoms with E-state index in [-0.39, 0.29) is 19.0 Å². The fraction of sp³-hybridized carbons (Fsp3) is 0.471. The van der Waals surface area contributed by atoms with Gasteiger partial charge >= 0.3 is 12.1 Å². The molecule has 1 amide bonds. The Labute approximate surface area is 143 Å². The molecule has 1 aromatic heterocycles. The number of alkyl halides is 3. The van der Waals surface area contributed by atoms with Crippen molar-refractivity contribution in [2.24, 2.45) is 5.92 Å². The molecule has 1 aliphatic heterocycles. The first kappa shape index (κ1) is 17.4. The summed E-state index contributed by atoms with van der Waals surface area (Å²) < 4.78 is 37.4. The molecule has 0 unspecified atom stereocenters. The average Bonchev–Trinajstić information content (AvgIpc) is 2.59. The maximum Gasteiger partial charge on any atom is 0.471 e. The second-order valence-electron chi connectivity index (χ2n) is 6.36. The monoisotopic (exact) mass is 352 g/mol. The third kappa shape index (κ3) is 4.00. The van der Waals surface area contributed by atoms with Gasteiger partial charge in [-0.1, -0.05) is 11.6 Å². The molecule has 1 saturated heterocycles. The van der Waals surface area contributed by atoms with E-state index in [0.29, 0.717) is 19.4 Å². The second-order valence-corrected chi connectivity index (χ2v) is 6.36. The largest absolute Gasteiger partial charge is 0.471 e. The molecule has 1 N–H and O–H groups in total. The molecule has 1 aromatic carbocycles. The molecule has 25 heavy (non-hydrogen) atoms. The van der Waals surface area contributed by atoms with Gasteiger partial charge in [0.15, 0.2) is 0 Å². The number of carbonyl (C=O) groups excluding carboxylic acids is 1. The SMILES string of the molecule is Cc1ccc2ncnc(NCC3CCN(C(=O)C(F)(F)F)CC3)c2c1. The first-order chi connectivity index (χ1) is 11.8. The number of fused-ring (bicyclic) bond motifs is 1. The van der Waals surface area contributed by atoms with Gasteiger partial charge in [-0.3, -0.25) is 4.79 Å². The quantitative estimate of drug-likeness (QED) is 0.922. The fourth-order valence-electron chi connectivity index (χ4n) is 3.07. The summed E-state index contributed by atoms with van der Waals surface area (Å²) in [6, 6.07) is 5.91. The van der Waals surface area contributed by atoms with E-state index < -0.39 is 12.1 Å². The van der Waals surface area contributed by atoms with E-state index in [1.807, 2.05) is 25.1 Å². The highest BCUT2D eigenvalue weighted by molar-refractivity contribution is 5.89. The number of carbonyl (C=O) groups is 1. The van der Waals surface area contributed by atoms with Gasteiger partial charge in [-0.2, -0.15) is 13.2 Å². The predicted molar refractivity (Wildman–Crippen MR) is 88.1 cm³/mol. The van der Waals surface area contributed by atoms with Crippen LogP contribution in [0.4, 0.5) is 19.0 Å². The van der Waals surface area contributed by atoms with E-state index in [9.17, 15) is 18.0 Å². The van der Waals surface area contributed by atoms with Crippen molar-refractivity contribution in [2.75, 3.05) is 25.0 Å². The van der Waals surface area contributed by atoms with Crippen molar-refractivity contribution < 1.29 is 18.0 Å². The second kappa shape index (κ2) is 6.85. The zero-order chi connectivity index (χ0) is 18.0. The molecule has 0 bridgehead atoms. The van der Waals surface area contributed by atoms with Crippen LogP contribution in [0.2, 0.25) is 0 Å². The van der Waals surface area contributed by atoms with Crippen molar-refractivity contribution in [1.82, 2.24) is 14.9 Å². The summed E-state index contributed by atoms with van der Waals surface area (Å²) in [5.74, 6) is -0.814. The standard InChI is InChI=1S/C17H19F3N4O/c1-11-2-3-14-13(8-11)15(23-10-22-14)21-9-12-4-6-24(7-5-12)16(25)17(18,19)20/h2-3,8,10,12H,4-7,9H2,1H3,(H,21,22,23). The molecular weight excluding hydrogens is 333 g/mol.